The Bertz CT molecular complexity index is 529. The van der Waals surface area contributed by atoms with E-state index in [1.807, 2.05) is 6.92 Å². The van der Waals surface area contributed by atoms with Gasteiger partial charge in [-0.3, -0.25) is 4.79 Å². The number of benzene rings is 1. The van der Waals surface area contributed by atoms with Crippen LogP contribution in [0, 0.1) is 0 Å². The fourth-order valence-corrected chi connectivity index (χ4v) is 3.69. The first-order valence-electron chi connectivity index (χ1n) is 6.36. The van der Waals surface area contributed by atoms with Crippen LogP contribution in [0.3, 0.4) is 0 Å². The van der Waals surface area contributed by atoms with Gasteiger partial charge in [0.25, 0.3) is 0 Å². The zero-order valence-corrected chi connectivity index (χ0v) is 12.6. The first kappa shape index (κ1) is 15.2. The highest BCUT2D eigenvalue weighted by Crippen LogP contribution is 2.38. The third kappa shape index (κ3) is 3.10. The van der Waals surface area contributed by atoms with Crippen LogP contribution in [-0.2, 0) is 9.59 Å². The normalized spacial score (nSPS) is 23.3. The fourth-order valence-electron chi connectivity index (χ4n) is 2.22. The highest BCUT2D eigenvalue weighted by Gasteiger charge is 2.39. The topological polar surface area (TPSA) is 66.4 Å². The van der Waals surface area contributed by atoms with E-state index in [0.29, 0.717) is 10.6 Å². The summed E-state index contributed by atoms with van der Waals surface area (Å²) in [5.41, 5.74) is 0.404. The summed E-state index contributed by atoms with van der Waals surface area (Å²) in [7, 11) is 0. The molecular weight excluding hydrogens is 298 g/mol. The van der Waals surface area contributed by atoms with Gasteiger partial charge >= 0.3 is 5.97 Å². The molecule has 1 aliphatic rings. The molecule has 1 unspecified atom stereocenters. The van der Waals surface area contributed by atoms with Crippen LogP contribution in [-0.4, -0.2) is 27.5 Å². The molecule has 1 heterocycles. The molecule has 0 bridgehead atoms. The largest absolute Gasteiger partial charge is 0.479 e. The second-order valence-corrected chi connectivity index (χ2v) is 6.95. The number of carbonyl (C=O) groups is 2. The Kier molecular flexibility index (Phi) is 4.60. The van der Waals surface area contributed by atoms with E-state index in [2.05, 4.69) is 5.32 Å². The number of thioether (sulfide) groups is 1. The molecule has 0 aromatic heterocycles. The molecule has 1 saturated heterocycles. The summed E-state index contributed by atoms with van der Waals surface area (Å²) in [5, 5.41) is 12.3. The number of rotatable bonds is 4. The summed E-state index contributed by atoms with van der Waals surface area (Å²) in [6.45, 7) is 1.85. The van der Waals surface area contributed by atoms with Crippen LogP contribution in [0.4, 0.5) is 0 Å². The molecule has 1 aromatic carbocycles. The van der Waals surface area contributed by atoms with Crippen molar-refractivity contribution in [2.75, 3.05) is 5.75 Å². The summed E-state index contributed by atoms with van der Waals surface area (Å²) < 4.78 is -0.547. The van der Waals surface area contributed by atoms with Crippen molar-refractivity contribution in [3.8, 4) is 0 Å². The molecule has 2 rings (SSSR count). The molecule has 1 aliphatic heterocycles. The van der Waals surface area contributed by atoms with Crippen LogP contribution in [0.25, 0.3) is 0 Å². The fraction of sp³-hybridized carbons (Fsp3) is 0.429. The lowest BCUT2D eigenvalue weighted by Crippen LogP contribution is -2.44. The Hall–Kier alpha value is -1.20. The lowest BCUT2D eigenvalue weighted by atomic mass is 10.0. The van der Waals surface area contributed by atoms with E-state index in [-0.39, 0.29) is 5.91 Å². The second-order valence-electron chi connectivity index (χ2n) is 4.95. The predicted octanol–water partition coefficient (Wildman–Crippen LogP) is 2.87. The van der Waals surface area contributed by atoms with Crippen LogP contribution < -0.4 is 5.32 Å². The number of amides is 1. The molecule has 108 valence electrons. The number of hydrogen-bond donors (Lipinski definition) is 2. The Labute approximate surface area is 126 Å². The maximum atomic E-state index is 12.3. The molecule has 0 aliphatic carbocycles. The van der Waals surface area contributed by atoms with E-state index >= 15 is 0 Å². The van der Waals surface area contributed by atoms with Gasteiger partial charge in [0.05, 0.1) is 4.75 Å². The van der Waals surface area contributed by atoms with Crippen LogP contribution in [0.2, 0.25) is 5.02 Å². The number of carboxylic acids is 1. The van der Waals surface area contributed by atoms with Gasteiger partial charge in [0.1, 0.15) is 0 Å². The van der Waals surface area contributed by atoms with Crippen LogP contribution in [0.1, 0.15) is 31.4 Å². The molecule has 0 saturated carbocycles. The van der Waals surface area contributed by atoms with Crippen molar-refractivity contribution in [1.29, 1.82) is 0 Å². The molecule has 2 N–H and O–H groups in total. The molecule has 6 heteroatoms. The zero-order valence-electron chi connectivity index (χ0n) is 11.1. The first-order chi connectivity index (χ1) is 9.44. The van der Waals surface area contributed by atoms with Crippen molar-refractivity contribution in [1.82, 2.24) is 5.32 Å². The molecule has 1 amide bonds. The molecule has 4 nitrogen and oxygen atoms in total. The molecule has 0 radical (unpaired) electrons. The average Bonchev–Trinajstić information content (AvgIpc) is 2.85. The summed E-state index contributed by atoms with van der Waals surface area (Å²) in [5.74, 6) is -0.432. The van der Waals surface area contributed by atoms with Crippen molar-refractivity contribution in [3.05, 3.63) is 34.9 Å². The van der Waals surface area contributed by atoms with Gasteiger partial charge in [-0.1, -0.05) is 29.8 Å². The molecule has 1 fully saturated rings. The number of halogens is 1. The maximum absolute atomic E-state index is 12.3. The van der Waals surface area contributed by atoms with E-state index in [1.165, 1.54) is 0 Å². The zero-order chi connectivity index (χ0) is 14.8. The lowest BCUT2D eigenvalue weighted by Gasteiger charge is -2.25. The molecule has 2 atom stereocenters. The van der Waals surface area contributed by atoms with E-state index in [4.69, 9.17) is 11.6 Å². The average molecular weight is 314 g/mol. The minimum Gasteiger partial charge on any atom is -0.479 e. The van der Waals surface area contributed by atoms with Gasteiger partial charge in [-0.15, -0.1) is 11.8 Å². The quantitative estimate of drug-likeness (QED) is 0.897. The monoisotopic (exact) mass is 313 g/mol. The molecular formula is C14H16ClNO3S. The first-order valence-corrected chi connectivity index (χ1v) is 7.72. The van der Waals surface area contributed by atoms with Gasteiger partial charge in [-0.2, -0.15) is 0 Å². The minimum atomic E-state index is -1.12. The van der Waals surface area contributed by atoms with E-state index in [0.717, 1.165) is 18.6 Å². The Morgan fingerprint density at radius 2 is 2.15 bits per heavy atom. The number of hydrogen-bond acceptors (Lipinski definition) is 3. The van der Waals surface area contributed by atoms with Crippen LogP contribution >= 0.6 is 23.4 Å². The van der Waals surface area contributed by atoms with Crippen molar-refractivity contribution in [3.63, 3.8) is 0 Å². The van der Waals surface area contributed by atoms with Gasteiger partial charge < -0.3 is 10.4 Å². The van der Waals surface area contributed by atoms with Gasteiger partial charge in [-0.25, -0.2) is 4.79 Å². The minimum absolute atomic E-state index is 0.243. The maximum Gasteiger partial charge on any atom is 0.330 e. The summed E-state index contributed by atoms with van der Waals surface area (Å²) >= 11 is 7.59. The highest BCUT2D eigenvalue weighted by molar-refractivity contribution is 8.01. The third-order valence-corrected chi connectivity index (χ3v) is 5.30. The van der Waals surface area contributed by atoms with Crippen LogP contribution in [0.15, 0.2) is 24.3 Å². The smallest absolute Gasteiger partial charge is 0.330 e. The van der Waals surface area contributed by atoms with Crippen molar-refractivity contribution >= 4 is 35.2 Å². The van der Waals surface area contributed by atoms with Crippen molar-refractivity contribution in [2.24, 2.45) is 0 Å². The number of nitrogens with one attached hydrogen (secondary N) is 1. The SMILES string of the molecule is CC1(C(=O)N[C@@H](C(=O)O)c2ccccc2Cl)CCCS1. The number of aliphatic carboxylic acids is 1. The number of carbonyl (C=O) groups excluding carboxylic acids is 1. The van der Waals surface area contributed by atoms with Crippen LogP contribution in [0.5, 0.6) is 0 Å². The highest BCUT2D eigenvalue weighted by atomic mass is 35.5. The Morgan fingerprint density at radius 3 is 2.70 bits per heavy atom. The Balaban J connectivity index is 2.21. The molecule has 0 spiro atoms. The van der Waals surface area contributed by atoms with Crippen molar-refractivity contribution in [2.45, 2.75) is 30.6 Å². The van der Waals surface area contributed by atoms with Gasteiger partial charge in [-0.05, 0) is 31.6 Å². The molecule has 20 heavy (non-hydrogen) atoms. The van der Waals surface area contributed by atoms with E-state index in [1.54, 1.807) is 36.0 Å². The summed E-state index contributed by atoms with van der Waals surface area (Å²) in [6.07, 6.45) is 1.73. The van der Waals surface area contributed by atoms with E-state index < -0.39 is 16.8 Å². The number of carboxylic acid groups (broad SMARTS) is 1. The van der Waals surface area contributed by atoms with Crippen molar-refractivity contribution < 1.29 is 14.7 Å². The summed E-state index contributed by atoms with van der Waals surface area (Å²) in [4.78, 5) is 23.8. The predicted molar refractivity (Wildman–Crippen MR) is 80.1 cm³/mol. The second kappa shape index (κ2) is 6.06. The van der Waals surface area contributed by atoms with E-state index in [9.17, 15) is 14.7 Å². The van der Waals surface area contributed by atoms with Gasteiger partial charge in [0.15, 0.2) is 6.04 Å². The van der Waals surface area contributed by atoms with Gasteiger partial charge in [0, 0.05) is 10.6 Å². The van der Waals surface area contributed by atoms with Gasteiger partial charge in [0.2, 0.25) is 5.91 Å². The molecule has 1 aromatic rings. The Morgan fingerprint density at radius 1 is 1.45 bits per heavy atom. The summed E-state index contributed by atoms with van der Waals surface area (Å²) in [6, 6.07) is 5.54. The third-order valence-electron chi connectivity index (χ3n) is 3.44. The lowest BCUT2D eigenvalue weighted by molar-refractivity contribution is -0.142. The standard InChI is InChI=1S/C14H16ClNO3S/c1-14(7-4-8-20-14)13(19)16-11(12(17)18)9-5-2-3-6-10(9)15/h2-3,5-6,11H,4,7-8H2,1H3,(H,16,19)(H,17,18)/t11-,14?/m1/s1.